The molecular weight excluding hydrogens is 905 g/mol. The predicted octanol–water partition coefficient (Wildman–Crippen LogP) is 6.47. The minimum absolute atomic E-state index is 0.0298. The number of nitrogens with one attached hydrogen (secondary N) is 1. The van der Waals surface area contributed by atoms with Crippen LogP contribution in [0, 0.1) is 41.9 Å². The van der Waals surface area contributed by atoms with Crippen molar-refractivity contribution in [2.75, 3.05) is 58.2 Å². The van der Waals surface area contributed by atoms with Crippen LogP contribution < -0.4 is 20.8 Å². The van der Waals surface area contributed by atoms with Crippen molar-refractivity contribution in [1.82, 2.24) is 14.7 Å². The zero-order chi connectivity index (χ0) is 51.3. The van der Waals surface area contributed by atoms with Crippen molar-refractivity contribution in [3.05, 3.63) is 58.0 Å². The average Bonchev–Trinajstić information content (AvgIpc) is 3.99. The lowest BCUT2D eigenvalue weighted by Crippen LogP contribution is -2.47. The number of nitrogens with zero attached hydrogens (tertiary/aromatic N) is 5. The lowest BCUT2D eigenvalue weighted by Gasteiger charge is -2.38. The van der Waals surface area contributed by atoms with Gasteiger partial charge in [-0.05, 0) is 101 Å². The van der Waals surface area contributed by atoms with Crippen molar-refractivity contribution in [2.45, 2.75) is 137 Å². The molecule has 0 aliphatic carbocycles. The lowest BCUT2D eigenvalue weighted by molar-refractivity contribution is -0.161. The van der Waals surface area contributed by atoms with Crippen LogP contribution in [0.2, 0.25) is 0 Å². The number of anilines is 1. The van der Waals surface area contributed by atoms with E-state index in [9.17, 15) is 34.5 Å². The summed E-state index contributed by atoms with van der Waals surface area (Å²) in [5, 5.41) is 39.8. The Kier molecular flexibility index (Phi) is 14.9. The number of carbonyl (C=O) groups excluding carboxylic acids is 4. The van der Waals surface area contributed by atoms with Crippen LogP contribution in [0.1, 0.15) is 123 Å². The highest BCUT2D eigenvalue weighted by Gasteiger charge is 2.51. The van der Waals surface area contributed by atoms with Gasteiger partial charge in [0.1, 0.15) is 40.4 Å². The number of esters is 1. The number of piperidine rings is 2. The van der Waals surface area contributed by atoms with Gasteiger partial charge in [0, 0.05) is 74.9 Å². The Morgan fingerprint density at radius 1 is 0.944 bits per heavy atom. The first kappa shape index (κ1) is 52.0. The Morgan fingerprint density at radius 2 is 1.63 bits per heavy atom. The van der Waals surface area contributed by atoms with Gasteiger partial charge in [0.15, 0.2) is 5.75 Å². The van der Waals surface area contributed by atoms with Gasteiger partial charge in [-0.15, -0.1) is 0 Å². The number of benzene rings is 2. The summed E-state index contributed by atoms with van der Waals surface area (Å²) in [7, 11) is 2.12. The summed E-state index contributed by atoms with van der Waals surface area (Å²) < 4.78 is 18.7. The van der Waals surface area contributed by atoms with Gasteiger partial charge in [0.05, 0.1) is 29.0 Å². The highest BCUT2D eigenvalue weighted by atomic mass is 16.7. The van der Waals surface area contributed by atoms with Crippen molar-refractivity contribution in [2.24, 2.45) is 45.0 Å². The van der Waals surface area contributed by atoms with E-state index in [0.717, 1.165) is 52.0 Å². The number of aromatic hydroxyl groups is 2. The maximum absolute atomic E-state index is 14.9. The molecule has 0 radical (unpaired) electrons. The molecule has 9 rings (SSSR count). The monoisotopic (exact) mass is 981 g/mol. The largest absolute Gasteiger partial charge is 0.507 e. The zero-order valence-corrected chi connectivity index (χ0v) is 43.5. The van der Waals surface area contributed by atoms with Crippen molar-refractivity contribution >= 4 is 40.0 Å². The number of ether oxygens (including phenoxy) is 3. The Morgan fingerprint density at radius 3 is 2.32 bits per heavy atom. The van der Waals surface area contributed by atoms with Gasteiger partial charge in [-0.2, -0.15) is 0 Å². The summed E-state index contributed by atoms with van der Waals surface area (Å²) in [6, 6.07) is 0. The van der Waals surface area contributed by atoms with Crippen LogP contribution in [-0.2, 0) is 23.9 Å². The summed E-state index contributed by atoms with van der Waals surface area (Å²) in [6.45, 7) is 22.4. The summed E-state index contributed by atoms with van der Waals surface area (Å²) in [4.78, 5) is 72.3. The third-order valence-corrected chi connectivity index (χ3v) is 16.3. The molecule has 16 nitrogen and oxygen atoms in total. The SMILES string of the molecule is C/C1=C/C=C/C(C)C[C@@H](C)C(O)[C@@H](C)C(OC(=O)CC(=O)N2CCC3(CCN(C)CC3)C2)[C@H](C)C/C=C/OC2(C)Oc3c(C)c(O)c4c(O)c(c5c(c4c3C2=O)NC2(CCN(CC(C)C)CC2)N=5)=NC1=O. The van der Waals surface area contributed by atoms with Gasteiger partial charge in [-0.1, -0.05) is 59.8 Å². The maximum atomic E-state index is 14.9. The van der Waals surface area contributed by atoms with Gasteiger partial charge >= 0.3 is 11.8 Å². The molecule has 2 aromatic rings. The maximum Gasteiger partial charge on any atom is 0.315 e. The number of hydrogen-bond donors (Lipinski definition) is 4. The molecule has 7 aliphatic heterocycles. The van der Waals surface area contributed by atoms with Crippen molar-refractivity contribution < 1.29 is 48.7 Å². The van der Waals surface area contributed by atoms with Gasteiger partial charge in [-0.3, -0.25) is 24.2 Å². The number of hydrogen-bond acceptors (Lipinski definition) is 14. The van der Waals surface area contributed by atoms with E-state index in [1.54, 1.807) is 37.0 Å². The molecule has 5 bridgehead atoms. The number of aliphatic hydroxyl groups excluding tert-OH is 1. The quantitative estimate of drug-likeness (QED) is 0.144. The van der Waals surface area contributed by atoms with Crippen LogP contribution in [0.15, 0.2) is 46.1 Å². The minimum atomic E-state index is -1.91. The number of amides is 2. The molecule has 2 spiro atoms. The Labute approximate surface area is 417 Å². The molecule has 386 valence electrons. The lowest BCUT2D eigenvalue weighted by atomic mass is 9.78. The molecule has 3 fully saturated rings. The number of phenolic OH excluding ortho intramolecular Hbond substituents is 2. The molecular formula is C55H76N6O10. The normalized spacial score (nSPS) is 30.9. The number of allylic oxidation sites excluding steroid dienone is 4. The Hall–Kier alpha value is -5.32. The van der Waals surface area contributed by atoms with E-state index < -0.39 is 59.4 Å². The molecule has 7 atom stereocenters. The molecule has 16 heteroatoms. The molecule has 4 unspecified atom stereocenters. The average molecular weight is 981 g/mol. The van der Waals surface area contributed by atoms with Crippen LogP contribution >= 0.6 is 0 Å². The molecule has 7 aliphatic rings. The number of likely N-dealkylation sites (tertiary alicyclic amines) is 3. The third kappa shape index (κ3) is 10.4. The number of rotatable bonds is 5. The fourth-order valence-electron chi connectivity index (χ4n) is 11.9. The summed E-state index contributed by atoms with van der Waals surface area (Å²) in [5.74, 6) is -5.45. The topological polar surface area (TPSA) is 203 Å². The van der Waals surface area contributed by atoms with Crippen molar-refractivity contribution in [3.8, 4) is 17.2 Å². The third-order valence-electron chi connectivity index (χ3n) is 16.3. The minimum Gasteiger partial charge on any atom is -0.507 e. The van der Waals surface area contributed by atoms with Crippen LogP contribution in [0.5, 0.6) is 17.2 Å². The predicted molar refractivity (Wildman–Crippen MR) is 269 cm³/mol. The second-order valence-corrected chi connectivity index (χ2v) is 22.6. The number of Topliss-reactive ketones (excluding diaryl/α,β-unsaturated/α-hetero) is 1. The van der Waals surface area contributed by atoms with Crippen LogP contribution in [0.25, 0.3) is 10.8 Å². The number of carbonyl (C=O) groups is 4. The smallest absolute Gasteiger partial charge is 0.315 e. The highest BCUT2D eigenvalue weighted by Crippen LogP contribution is 2.51. The molecule has 71 heavy (non-hydrogen) atoms. The summed E-state index contributed by atoms with van der Waals surface area (Å²) in [6.07, 6.45) is 11.4. The number of ketones is 1. The summed E-state index contributed by atoms with van der Waals surface area (Å²) >= 11 is 0. The fourth-order valence-corrected chi connectivity index (χ4v) is 11.9. The molecule has 2 amide bonds. The van der Waals surface area contributed by atoms with E-state index >= 15 is 0 Å². The Bertz CT molecular complexity index is 2660. The molecule has 2 aromatic carbocycles. The standard InChI is InChI=1S/C55H76N6O10/c1-31(2)29-60-23-19-55(20-24-60)57-43-40-41-47(65)37(8)50-42(40)51(67)53(9,71-50)69-26-12-15-33(4)49(70-39(63)28-38(62)61-25-18-54(30-61)16-21-59(10)22-17-54)36(7)46(64)35(6)27-32(3)13-11-14-34(5)52(68)56-45(48(41)66)44(43)58-55/h11-14,26,31-33,35-36,46,49,57,64-66H,15-25,27-30H2,1-10H3/b13-11+,26-12+,34-14-,56-45?/t32?,33-,35-,36-,46?,49?,53?/m1/s1. The van der Waals surface area contributed by atoms with Gasteiger partial charge in [0.25, 0.3) is 11.7 Å². The molecule has 7 heterocycles. The molecule has 0 saturated carbocycles. The van der Waals surface area contributed by atoms with Crippen LogP contribution in [-0.4, -0.2) is 130 Å². The number of phenols is 2. The fraction of sp³-hybridized carbons (Fsp3) is 0.636. The highest BCUT2D eigenvalue weighted by molar-refractivity contribution is 6.21. The molecule has 3 saturated heterocycles. The first-order valence-electron chi connectivity index (χ1n) is 25.9. The first-order valence-corrected chi connectivity index (χ1v) is 25.9. The Balaban J connectivity index is 1.13. The van der Waals surface area contributed by atoms with E-state index in [4.69, 9.17) is 19.2 Å². The van der Waals surface area contributed by atoms with Crippen LogP contribution in [0.4, 0.5) is 5.69 Å². The van der Waals surface area contributed by atoms with Crippen LogP contribution in [0.3, 0.4) is 0 Å². The second kappa shape index (κ2) is 20.3. The number of fused-ring (bicyclic) bond motifs is 13. The van der Waals surface area contributed by atoms with Gasteiger partial charge in [0.2, 0.25) is 5.91 Å². The van der Waals surface area contributed by atoms with E-state index in [-0.39, 0.29) is 78.8 Å². The van der Waals surface area contributed by atoms with E-state index in [1.165, 1.54) is 13.2 Å². The molecule has 4 N–H and O–H groups in total. The molecule has 0 aromatic heterocycles. The second-order valence-electron chi connectivity index (χ2n) is 22.6. The number of aliphatic hydroxyl groups is 1. The van der Waals surface area contributed by atoms with Gasteiger partial charge < -0.3 is 49.5 Å². The van der Waals surface area contributed by atoms with E-state index in [1.807, 2.05) is 33.8 Å². The first-order chi connectivity index (χ1) is 33.5. The van der Waals surface area contributed by atoms with Crippen molar-refractivity contribution in [3.63, 3.8) is 0 Å². The van der Waals surface area contributed by atoms with E-state index in [0.29, 0.717) is 50.4 Å². The zero-order valence-electron chi connectivity index (χ0n) is 43.5. The summed E-state index contributed by atoms with van der Waals surface area (Å²) in [5.41, 5.74) is 0.161. The van der Waals surface area contributed by atoms with Crippen molar-refractivity contribution in [1.29, 1.82) is 0 Å². The van der Waals surface area contributed by atoms with Gasteiger partial charge in [-0.25, -0.2) is 4.99 Å². The van der Waals surface area contributed by atoms with E-state index in [2.05, 4.69) is 41.0 Å².